The molecule has 0 saturated carbocycles. The largest absolute Gasteiger partial charge is 0.507 e. The average molecular weight is 455 g/mol. The Morgan fingerprint density at radius 1 is 1.19 bits per heavy atom. The molecule has 2 atom stereocenters. The van der Waals surface area contributed by atoms with E-state index in [0.29, 0.717) is 5.75 Å². The maximum absolute atomic E-state index is 12.7. The van der Waals surface area contributed by atoms with Gasteiger partial charge >= 0.3 is 0 Å². The molecule has 2 heterocycles. The highest BCUT2D eigenvalue weighted by Crippen LogP contribution is 2.38. The van der Waals surface area contributed by atoms with Gasteiger partial charge in [0.1, 0.15) is 23.4 Å². The first-order valence-electron chi connectivity index (χ1n) is 10.9. The monoisotopic (exact) mass is 454 g/mol. The van der Waals surface area contributed by atoms with Crippen molar-refractivity contribution >= 4 is 15.9 Å². The van der Waals surface area contributed by atoms with E-state index >= 15 is 0 Å². The maximum Gasteiger partial charge on any atom is 0.163 e. The van der Waals surface area contributed by atoms with Gasteiger partial charge in [0.15, 0.2) is 9.84 Å². The summed E-state index contributed by atoms with van der Waals surface area (Å²) >= 11 is 0. The van der Waals surface area contributed by atoms with Gasteiger partial charge in [-0.25, -0.2) is 8.42 Å². The van der Waals surface area contributed by atoms with Gasteiger partial charge < -0.3 is 14.6 Å². The van der Waals surface area contributed by atoms with Crippen LogP contribution in [0, 0.1) is 13.8 Å². The third-order valence-electron chi connectivity index (χ3n) is 6.24. The van der Waals surface area contributed by atoms with Crippen LogP contribution in [0.1, 0.15) is 36.5 Å². The number of hydrogen-bond donors (Lipinski definition) is 1. The van der Waals surface area contributed by atoms with Crippen molar-refractivity contribution in [1.29, 1.82) is 0 Å². The number of phenols is 1. The summed E-state index contributed by atoms with van der Waals surface area (Å²) in [5.41, 5.74) is 5.70. The molecule has 32 heavy (non-hydrogen) atoms. The van der Waals surface area contributed by atoms with E-state index in [9.17, 15) is 13.5 Å². The van der Waals surface area contributed by atoms with Gasteiger partial charge in [-0.1, -0.05) is 29.8 Å². The first-order chi connectivity index (χ1) is 15.2. The minimum atomic E-state index is -3.23. The molecule has 0 radical (unpaired) electrons. The number of rotatable bonds is 7. The Morgan fingerprint density at radius 2 is 1.88 bits per heavy atom. The normalized spacial score (nSPS) is 22.3. The second kappa shape index (κ2) is 9.12. The molecule has 1 saturated heterocycles. The summed E-state index contributed by atoms with van der Waals surface area (Å²) < 4.78 is 37.2. The maximum atomic E-state index is 12.7. The summed E-state index contributed by atoms with van der Waals surface area (Å²) in [5.74, 6) is 1.13. The summed E-state index contributed by atoms with van der Waals surface area (Å²) in [6.45, 7) is 6.37. The van der Waals surface area contributed by atoms with Crippen LogP contribution < -0.4 is 4.74 Å². The van der Waals surface area contributed by atoms with Gasteiger partial charge in [0.25, 0.3) is 0 Å². The van der Waals surface area contributed by atoms with Crippen LogP contribution in [0.3, 0.4) is 0 Å². The Bertz CT molecular complexity index is 1140. The number of benzene rings is 2. The summed E-state index contributed by atoms with van der Waals surface area (Å²) in [6.07, 6.45) is 3.45. The van der Waals surface area contributed by atoms with Crippen molar-refractivity contribution in [3.63, 3.8) is 0 Å². The second-order valence-electron chi connectivity index (χ2n) is 8.81. The van der Waals surface area contributed by atoms with Gasteiger partial charge in [0, 0.05) is 0 Å². The second-order valence-corrected chi connectivity index (χ2v) is 11.0. The lowest BCUT2D eigenvalue weighted by molar-refractivity contribution is 0.117. The summed E-state index contributed by atoms with van der Waals surface area (Å²) in [4.78, 5) is 0. The van der Waals surface area contributed by atoms with Crippen LogP contribution in [0.15, 0.2) is 59.2 Å². The van der Waals surface area contributed by atoms with E-state index < -0.39 is 15.1 Å². The molecule has 0 spiro atoms. The van der Waals surface area contributed by atoms with E-state index in [4.69, 9.17) is 9.47 Å². The lowest BCUT2D eigenvalue weighted by Crippen LogP contribution is -2.19. The summed E-state index contributed by atoms with van der Waals surface area (Å²) in [5, 5.41) is 9.45. The Morgan fingerprint density at radius 3 is 2.56 bits per heavy atom. The van der Waals surface area contributed by atoms with Crippen molar-refractivity contribution < 1.29 is 23.0 Å². The van der Waals surface area contributed by atoms with Crippen LogP contribution in [-0.2, 0) is 14.6 Å². The van der Waals surface area contributed by atoms with Gasteiger partial charge in [-0.15, -0.1) is 0 Å². The van der Waals surface area contributed by atoms with Crippen molar-refractivity contribution in [1.82, 2.24) is 0 Å². The van der Waals surface area contributed by atoms with Crippen LogP contribution in [-0.4, -0.2) is 43.8 Å². The van der Waals surface area contributed by atoms with Crippen molar-refractivity contribution in [2.45, 2.75) is 45.0 Å². The molecule has 0 aliphatic carbocycles. The smallest absolute Gasteiger partial charge is 0.163 e. The van der Waals surface area contributed by atoms with Gasteiger partial charge in [0.2, 0.25) is 0 Å². The Hall–Kier alpha value is -2.57. The van der Waals surface area contributed by atoms with Crippen LogP contribution in [0.2, 0.25) is 0 Å². The fourth-order valence-electron chi connectivity index (χ4n) is 4.61. The van der Waals surface area contributed by atoms with Crippen molar-refractivity contribution in [3.05, 3.63) is 75.9 Å². The molecule has 170 valence electrons. The highest BCUT2D eigenvalue weighted by atomic mass is 32.2. The zero-order chi connectivity index (χ0) is 22.9. The number of hydrogen-bond acceptors (Lipinski definition) is 5. The Labute approximate surface area is 190 Å². The van der Waals surface area contributed by atoms with E-state index in [1.807, 2.05) is 56.3 Å². The van der Waals surface area contributed by atoms with Crippen molar-refractivity contribution in [3.8, 4) is 11.5 Å². The van der Waals surface area contributed by atoms with Crippen LogP contribution in [0.5, 0.6) is 11.5 Å². The molecule has 0 aromatic heterocycles. The number of ether oxygens (including phenoxy) is 2. The third kappa shape index (κ3) is 4.76. The molecule has 4 rings (SSSR count). The highest BCUT2D eigenvalue weighted by Gasteiger charge is 2.46. The molecule has 2 aliphatic rings. The topological polar surface area (TPSA) is 72.8 Å². The number of sulfone groups is 1. The first-order valence-corrected chi connectivity index (χ1v) is 12.7. The molecule has 6 heteroatoms. The zero-order valence-electron chi connectivity index (χ0n) is 18.8. The number of allylic oxidation sites excluding steroid dienone is 1. The van der Waals surface area contributed by atoms with E-state index in [1.54, 1.807) is 0 Å². The molecule has 2 aromatic carbocycles. The number of fused-ring (bicyclic) bond motifs is 1. The SMILES string of the molecule is C/C(=C\c1cc(C)c(O)c(C)c1)CC[C@H]1OC[C@H]2C1=C(COc1ccccc1)CS2(=O)=O. The molecule has 1 N–H and O–H groups in total. The van der Waals surface area contributed by atoms with E-state index in [1.165, 1.54) is 5.57 Å². The number of phenolic OH excluding ortho intramolecular Hbond substituents is 1. The molecule has 0 unspecified atom stereocenters. The highest BCUT2D eigenvalue weighted by molar-refractivity contribution is 7.92. The number of aromatic hydroxyl groups is 1. The van der Waals surface area contributed by atoms with Gasteiger partial charge in [-0.3, -0.25) is 0 Å². The van der Waals surface area contributed by atoms with Gasteiger partial charge in [-0.05, 0) is 85.7 Å². The van der Waals surface area contributed by atoms with Crippen LogP contribution in [0.25, 0.3) is 6.08 Å². The van der Waals surface area contributed by atoms with E-state index in [-0.39, 0.29) is 25.1 Å². The molecule has 2 aromatic rings. The standard InChI is InChI=1S/C26H30O5S/c1-17(11-20-12-18(2)26(27)19(3)13-20)9-10-23-25-21(14-30-22-7-5-4-6-8-22)16-32(28,29)24(25)15-31-23/h4-8,11-13,23-24,27H,9-10,14-16H2,1-3H3/b17-11+/t23-,24+/m1/s1. The quantitative estimate of drug-likeness (QED) is 0.611. The van der Waals surface area contributed by atoms with Crippen molar-refractivity contribution in [2.24, 2.45) is 0 Å². The molecule has 5 nitrogen and oxygen atoms in total. The molecule has 0 bridgehead atoms. The molecular weight excluding hydrogens is 424 g/mol. The third-order valence-corrected chi connectivity index (χ3v) is 8.25. The molecule has 1 fully saturated rings. The Balaban J connectivity index is 1.47. The van der Waals surface area contributed by atoms with Crippen molar-refractivity contribution in [2.75, 3.05) is 19.0 Å². The van der Waals surface area contributed by atoms with Gasteiger partial charge in [-0.2, -0.15) is 0 Å². The summed E-state index contributed by atoms with van der Waals surface area (Å²) in [7, 11) is -3.23. The van der Waals surface area contributed by atoms with E-state index in [2.05, 4.69) is 13.0 Å². The zero-order valence-corrected chi connectivity index (χ0v) is 19.6. The fourth-order valence-corrected chi connectivity index (χ4v) is 6.54. The van der Waals surface area contributed by atoms with Crippen LogP contribution >= 0.6 is 0 Å². The number of para-hydroxylation sites is 1. The first kappa shape index (κ1) is 22.6. The average Bonchev–Trinajstić information content (AvgIpc) is 3.29. The minimum absolute atomic E-state index is 0.0561. The minimum Gasteiger partial charge on any atom is -0.507 e. The predicted molar refractivity (Wildman–Crippen MR) is 127 cm³/mol. The molecule has 0 amide bonds. The lowest BCUT2D eigenvalue weighted by atomic mass is 9.97. The Kier molecular flexibility index (Phi) is 6.45. The van der Waals surface area contributed by atoms with Crippen LogP contribution in [0.4, 0.5) is 0 Å². The van der Waals surface area contributed by atoms with E-state index in [0.717, 1.165) is 46.4 Å². The lowest BCUT2D eigenvalue weighted by Gasteiger charge is -2.15. The molecule has 2 aliphatic heterocycles. The number of aryl methyl sites for hydroxylation is 2. The predicted octanol–water partition coefficient (Wildman–Crippen LogP) is 4.76. The van der Waals surface area contributed by atoms with Gasteiger partial charge in [0.05, 0.1) is 18.5 Å². The summed E-state index contributed by atoms with van der Waals surface area (Å²) in [6, 6.07) is 13.4. The fraction of sp³-hybridized carbons (Fsp3) is 0.385. The molecular formula is C26H30O5S.